The van der Waals surface area contributed by atoms with E-state index < -0.39 is 41.2 Å². The number of piperazine rings is 1. The summed E-state index contributed by atoms with van der Waals surface area (Å²) in [6.45, 7) is 8.83. The molecule has 10 nitrogen and oxygen atoms in total. The third-order valence-corrected chi connectivity index (χ3v) is 9.89. The van der Waals surface area contributed by atoms with Crippen molar-refractivity contribution in [1.82, 2.24) is 14.8 Å². The molecule has 4 aliphatic heterocycles. The highest BCUT2D eigenvalue weighted by Crippen LogP contribution is 2.54. The van der Waals surface area contributed by atoms with Crippen LogP contribution in [0.15, 0.2) is 30.0 Å². The standard InChI is InChI=1S/C34H36ClF2N5O5/c1-17-13-41-22(14-40(17)33(45)47-34(2,3)4)23(16-43)42-15-25(21-9-7-11-39(21)5)46-32-31(42)30(41)18-12-19(35)26(28(37)29(18)38-32)27-20(36)8-6-10-24(27)44/h6,8,10,12,17,21-22,25,44H,7,9,11,13-15H2,1-5H3/t17-,21+,22-,25+/m1/s1. The Hall–Kier alpha value is -4.12. The van der Waals surface area contributed by atoms with Crippen LogP contribution in [0.25, 0.3) is 22.0 Å². The molecule has 0 spiro atoms. The van der Waals surface area contributed by atoms with Gasteiger partial charge in [0.15, 0.2) is 5.82 Å². The maximum Gasteiger partial charge on any atom is 0.410 e. The number of aromatic hydroxyl groups is 1. The summed E-state index contributed by atoms with van der Waals surface area (Å²) < 4.78 is 44.1. The Bertz CT molecular complexity index is 1840. The molecular weight excluding hydrogens is 632 g/mol. The number of carbonyl (C=O) groups excluding carboxylic acids is 2. The fourth-order valence-corrected chi connectivity index (χ4v) is 7.79. The average molecular weight is 668 g/mol. The molecule has 1 aromatic heterocycles. The van der Waals surface area contributed by atoms with Crippen molar-refractivity contribution in [3.63, 3.8) is 0 Å². The normalized spacial score (nSPS) is 24.2. The van der Waals surface area contributed by atoms with Crippen molar-refractivity contribution in [2.24, 2.45) is 0 Å². The molecular formula is C34H36ClF2N5O5. The summed E-state index contributed by atoms with van der Waals surface area (Å²) in [5.74, 6) is 0.0656. The Morgan fingerprint density at radius 2 is 1.94 bits per heavy atom. The minimum Gasteiger partial charge on any atom is -0.507 e. The number of fused-ring (bicyclic) bond motifs is 4. The molecule has 13 heteroatoms. The summed E-state index contributed by atoms with van der Waals surface area (Å²) in [5, 5.41) is 10.7. The van der Waals surface area contributed by atoms with E-state index in [0.717, 1.165) is 25.5 Å². The predicted octanol–water partition coefficient (Wildman–Crippen LogP) is 5.74. The Labute approximate surface area is 276 Å². The second kappa shape index (κ2) is 11.2. The maximum atomic E-state index is 16.7. The molecule has 0 bridgehead atoms. The number of hydrogen-bond acceptors (Lipinski definition) is 9. The molecule has 0 unspecified atom stereocenters. The van der Waals surface area contributed by atoms with E-state index in [4.69, 9.17) is 21.1 Å². The van der Waals surface area contributed by atoms with Gasteiger partial charge in [-0.2, -0.15) is 0 Å². The van der Waals surface area contributed by atoms with Gasteiger partial charge in [-0.25, -0.2) is 23.4 Å². The van der Waals surface area contributed by atoms with E-state index in [1.807, 2.05) is 23.8 Å². The zero-order valence-corrected chi connectivity index (χ0v) is 27.6. The topological polar surface area (TPSA) is 98.7 Å². The second-order valence-electron chi connectivity index (χ2n) is 13.8. The number of likely N-dealkylation sites (tertiary alicyclic amines) is 1. The molecule has 2 aromatic carbocycles. The Morgan fingerprint density at radius 3 is 2.60 bits per heavy atom. The molecule has 2 fully saturated rings. The molecule has 1 amide bonds. The van der Waals surface area contributed by atoms with Crippen molar-refractivity contribution in [3.05, 3.63) is 46.6 Å². The van der Waals surface area contributed by atoms with Gasteiger partial charge in [-0.3, -0.25) is 4.90 Å². The summed E-state index contributed by atoms with van der Waals surface area (Å²) in [6, 6.07) is 4.20. The van der Waals surface area contributed by atoms with Gasteiger partial charge < -0.3 is 29.3 Å². The van der Waals surface area contributed by atoms with Crippen molar-refractivity contribution in [1.29, 1.82) is 0 Å². The van der Waals surface area contributed by atoms with Gasteiger partial charge in [-0.05, 0) is 72.3 Å². The van der Waals surface area contributed by atoms with E-state index in [9.17, 15) is 14.7 Å². The quantitative estimate of drug-likeness (QED) is 0.343. The van der Waals surface area contributed by atoms with E-state index in [1.165, 1.54) is 18.2 Å². The number of anilines is 2. The summed E-state index contributed by atoms with van der Waals surface area (Å²) in [5.41, 5.74) is -0.211. The number of likely N-dealkylation sites (N-methyl/N-ethyl adjacent to an activating group) is 1. The summed E-state index contributed by atoms with van der Waals surface area (Å²) >= 11 is 6.71. The van der Waals surface area contributed by atoms with E-state index in [1.54, 1.807) is 25.7 Å². The van der Waals surface area contributed by atoms with Crippen LogP contribution in [0.3, 0.4) is 0 Å². The van der Waals surface area contributed by atoms with E-state index in [2.05, 4.69) is 15.8 Å². The van der Waals surface area contributed by atoms with Crippen molar-refractivity contribution >= 4 is 45.9 Å². The van der Waals surface area contributed by atoms with Crippen LogP contribution in [-0.2, 0) is 9.53 Å². The number of halogens is 3. The maximum absolute atomic E-state index is 16.7. The SMILES string of the molecule is C[C@@H]1CN2c3c4c(nc5c(F)c(-c6c(O)cccc6F)c(Cl)cc35)O[C@H]([C@@H]3CCCN3C)CN4C(=C=O)[C@H]2CN1C(=O)OC(C)(C)C. The molecule has 4 aliphatic rings. The van der Waals surface area contributed by atoms with Crippen molar-refractivity contribution in [2.75, 3.05) is 43.0 Å². The smallest absolute Gasteiger partial charge is 0.410 e. The Morgan fingerprint density at radius 1 is 1.17 bits per heavy atom. The van der Waals surface area contributed by atoms with E-state index in [0.29, 0.717) is 29.0 Å². The summed E-state index contributed by atoms with van der Waals surface area (Å²) in [4.78, 5) is 38.5. The van der Waals surface area contributed by atoms with Crippen LogP contribution in [0.2, 0.25) is 5.02 Å². The number of ether oxygens (including phenoxy) is 2. The molecule has 1 N–H and O–H groups in total. The van der Waals surface area contributed by atoms with Gasteiger partial charge in [0, 0.05) is 29.6 Å². The molecule has 2 saturated heterocycles. The first kappa shape index (κ1) is 31.5. The average Bonchev–Trinajstić information content (AvgIpc) is 3.43. The molecule has 7 rings (SSSR count). The predicted molar refractivity (Wildman–Crippen MR) is 174 cm³/mol. The number of pyridine rings is 1. The molecule has 0 radical (unpaired) electrons. The number of aromatic nitrogens is 1. The van der Waals surface area contributed by atoms with Crippen LogP contribution >= 0.6 is 11.6 Å². The van der Waals surface area contributed by atoms with Crippen molar-refractivity contribution in [2.45, 2.75) is 70.4 Å². The first-order valence-corrected chi connectivity index (χ1v) is 16.2. The molecule has 47 heavy (non-hydrogen) atoms. The van der Waals surface area contributed by atoms with Crippen LogP contribution in [-0.4, -0.2) is 95.0 Å². The zero-order chi connectivity index (χ0) is 33.5. The molecule has 0 saturated carbocycles. The highest BCUT2D eigenvalue weighted by molar-refractivity contribution is 6.34. The van der Waals surface area contributed by atoms with E-state index in [-0.39, 0.29) is 52.7 Å². The van der Waals surface area contributed by atoms with Crippen molar-refractivity contribution in [3.8, 4) is 22.8 Å². The van der Waals surface area contributed by atoms with Gasteiger partial charge in [-0.1, -0.05) is 17.7 Å². The van der Waals surface area contributed by atoms with Gasteiger partial charge in [0.2, 0.25) is 5.88 Å². The van der Waals surface area contributed by atoms with Gasteiger partial charge in [0.25, 0.3) is 0 Å². The summed E-state index contributed by atoms with van der Waals surface area (Å²) in [7, 11) is 2.01. The largest absolute Gasteiger partial charge is 0.507 e. The Kier molecular flexibility index (Phi) is 7.53. The van der Waals surface area contributed by atoms with Crippen LogP contribution in [0.1, 0.15) is 40.5 Å². The number of hydrogen-bond donors (Lipinski definition) is 1. The molecule has 5 heterocycles. The zero-order valence-electron chi connectivity index (χ0n) is 26.8. The lowest BCUT2D eigenvalue weighted by Gasteiger charge is -2.53. The third kappa shape index (κ3) is 5.05. The highest BCUT2D eigenvalue weighted by Gasteiger charge is 2.50. The lowest BCUT2D eigenvalue weighted by molar-refractivity contribution is 0.0132. The van der Waals surface area contributed by atoms with Crippen LogP contribution in [0, 0.1) is 11.6 Å². The molecule has 0 aliphatic carbocycles. The van der Waals surface area contributed by atoms with Crippen LogP contribution in [0.4, 0.5) is 25.0 Å². The second-order valence-corrected chi connectivity index (χ2v) is 14.2. The van der Waals surface area contributed by atoms with Gasteiger partial charge in [0.1, 0.15) is 46.1 Å². The van der Waals surface area contributed by atoms with Gasteiger partial charge in [0.05, 0.1) is 35.4 Å². The van der Waals surface area contributed by atoms with Crippen molar-refractivity contribution < 1.29 is 33.0 Å². The number of nitrogens with zero attached hydrogens (tertiary/aromatic N) is 5. The van der Waals surface area contributed by atoms with E-state index >= 15 is 8.78 Å². The van der Waals surface area contributed by atoms with Crippen LogP contribution < -0.4 is 14.5 Å². The lowest BCUT2D eigenvalue weighted by Crippen LogP contribution is -2.65. The first-order chi connectivity index (χ1) is 22.3. The minimum atomic E-state index is -0.920. The number of phenolic OH excluding ortho intramolecular Hbond substituents is 1. The molecule has 3 aromatic rings. The minimum absolute atomic E-state index is 0.0145. The number of rotatable bonds is 2. The molecule has 4 atom stereocenters. The monoisotopic (exact) mass is 667 g/mol. The summed E-state index contributed by atoms with van der Waals surface area (Å²) in [6.07, 6.45) is 0.919. The number of benzene rings is 2. The molecule has 248 valence electrons. The first-order valence-electron chi connectivity index (χ1n) is 15.8. The fourth-order valence-electron chi connectivity index (χ4n) is 7.50. The van der Waals surface area contributed by atoms with Gasteiger partial charge >= 0.3 is 6.09 Å². The van der Waals surface area contributed by atoms with Gasteiger partial charge in [-0.15, -0.1) is 0 Å². The number of carbonyl (C=O) groups is 1. The highest BCUT2D eigenvalue weighted by atomic mass is 35.5. The van der Waals surface area contributed by atoms with Crippen LogP contribution in [0.5, 0.6) is 11.6 Å². The third-order valence-electron chi connectivity index (χ3n) is 9.60. The number of phenols is 1. The fraction of sp³-hybridized carbons (Fsp3) is 0.471. The number of amides is 1. The Balaban J connectivity index is 1.45. The lowest BCUT2D eigenvalue weighted by atomic mass is 9.93.